The molecule has 1 heterocycles. The lowest BCUT2D eigenvalue weighted by Gasteiger charge is -2.48. The summed E-state index contributed by atoms with van der Waals surface area (Å²) in [5.41, 5.74) is 0.190. The van der Waals surface area contributed by atoms with Gasteiger partial charge in [-0.3, -0.25) is 9.69 Å². The highest BCUT2D eigenvalue weighted by Crippen LogP contribution is 2.61. The maximum atomic E-state index is 12.4. The van der Waals surface area contributed by atoms with Crippen molar-refractivity contribution in [1.82, 2.24) is 10.2 Å². The van der Waals surface area contributed by atoms with E-state index >= 15 is 0 Å². The molecule has 2 aliphatic carbocycles. The summed E-state index contributed by atoms with van der Waals surface area (Å²) in [6.07, 6.45) is 3.91. The van der Waals surface area contributed by atoms with E-state index in [1.807, 2.05) is 0 Å². The van der Waals surface area contributed by atoms with Crippen LogP contribution in [0.25, 0.3) is 0 Å². The number of halogens is 1. The van der Waals surface area contributed by atoms with Gasteiger partial charge in [-0.05, 0) is 43.4 Å². The van der Waals surface area contributed by atoms with Gasteiger partial charge in [0.25, 0.3) is 0 Å². The van der Waals surface area contributed by atoms with Crippen LogP contribution in [-0.2, 0) is 9.53 Å². The molecule has 3 atom stereocenters. The average Bonchev–Trinajstić information content (AvgIpc) is 2.94. The van der Waals surface area contributed by atoms with E-state index in [0.717, 1.165) is 32.2 Å². The van der Waals surface area contributed by atoms with E-state index in [1.54, 1.807) is 0 Å². The van der Waals surface area contributed by atoms with Crippen LogP contribution in [-0.4, -0.2) is 49.2 Å². The number of amides is 1. The van der Waals surface area contributed by atoms with Crippen molar-refractivity contribution in [3.63, 3.8) is 0 Å². The fourth-order valence-electron chi connectivity index (χ4n) is 4.67. The van der Waals surface area contributed by atoms with E-state index < -0.39 is 0 Å². The molecule has 0 aromatic rings. The molecule has 4 nitrogen and oxygen atoms in total. The Hall–Kier alpha value is -0.320. The highest BCUT2D eigenvalue weighted by molar-refractivity contribution is 5.85. The minimum absolute atomic E-state index is 0. The average molecular weight is 317 g/mol. The van der Waals surface area contributed by atoms with Crippen LogP contribution in [0.1, 0.15) is 40.0 Å². The van der Waals surface area contributed by atoms with E-state index in [0.29, 0.717) is 12.5 Å². The largest absolute Gasteiger partial charge is 0.379 e. The van der Waals surface area contributed by atoms with Crippen molar-refractivity contribution < 1.29 is 9.53 Å². The predicted molar refractivity (Wildman–Crippen MR) is 85.7 cm³/mol. The normalized spacial score (nSPS) is 38.0. The number of ether oxygens (including phenoxy) is 1. The van der Waals surface area contributed by atoms with Crippen molar-refractivity contribution in [3.05, 3.63) is 0 Å². The summed E-state index contributed by atoms with van der Waals surface area (Å²) in [6, 6.07) is 0. The highest BCUT2D eigenvalue weighted by Gasteiger charge is 2.60. The van der Waals surface area contributed by atoms with Crippen molar-refractivity contribution in [2.45, 2.75) is 45.6 Å². The smallest absolute Gasteiger partial charge is 0.234 e. The molecule has 3 fully saturated rings. The second kappa shape index (κ2) is 6.05. The molecule has 2 saturated carbocycles. The van der Waals surface area contributed by atoms with Gasteiger partial charge in [0.05, 0.1) is 19.8 Å². The number of morpholine rings is 1. The van der Waals surface area contributed by atoms with E-state index in [9.17, 15) is 4.79 Å². The molecule has 0 aromatic carbocycles. The Balaban J connectivity index is 0.00000161. The van der Waals surface area contributed by atoms with Gasteiger partial charge in [-0.2, -0.15) is 0 Å². The van der Waals surface area contributed by atoms with Gasteiger partial charge in [0.2, 0.25) is 5.91 Å². The zero-order valence-corrected chi connectivity index (χ0v) is 14.3. The molecule has 2 bridgehead atoms. The molecule has 3 unspecified atom stereocenters. The van der Waals surface area contributed by atoms with E-state index in [1.165, 1.54) is 19.3 Å². The Morgan fingerprint density at radius 2 is 1.81 bits per heavy atom. The van der Waals surface area contributed by atoms with Crippen LogP contribution >= 0.6 is 12.4 Å². The lowest BCUT2D eigenvalue weighted by molar-refractivity contribution is -0.127. The number of hydrogen-bond donors (Lipinski definition) is 1. The van der Waals surface area contributed by atoms with Crippen LogP contribution in [0.4, 0.5) is 0 Å². The Morgan fingerprint density at radius 3 is 2.38 bits per heavy atom. The minimum Gasteiger partial charge on any atom is -0.379 e. The molecule has 3 rings (SSSR count). The van der Waals surface area contributed by atoms with Gasteiger partial charge in [-0.25, -0.2) is 0 Å². The first-order valence-electron chi connectivity index (χ1n) is 8.04. The minimum atomic E-state index is -0.0285. The third-order valence-corrected chi connectivity index (χ3v) is 6.48. The van der Waals surface area contributed by atoms with Crippen LogP contribution in [0.15, 0.2) is 0 Å². The van der Waals surface area contributed by atoms with Gasteiger partial charge in [-0.1, -0.05) is 13.8 Å². The Labute approximate surface area is 134 Å². The van der Waals surface area contributed by atoms with Crippen molar-refractivity contribution in [1.29, 1.82) is 0 Å². The van der Waals surface area contributed by atoms with Crippen molar-refractivity contribution in [2.75, 3.05) is 32.8 Å². The third-order valence-electron chi connectivity index (χ3n) is 6.48. The molecule has 1 saturated heterocycles. The molecule has 1 N–H and O–H groups in total. The standard InChI is InChI=1S/C16H28N2O2.ClH/c1-15(2)12-4-5-13(10-12)16(15,3)17-14(19)11-18-6-8-20-9-7-18;/h12-13H,4-11H2,1-3H3,(H,17,19);1H. The monoisotopic (exact) mass is 316 g/mol. The molecule has 5 heteroatoms. The van der Waals surface area contributed by atoms with Crippen LogP contribution in [0.2, 0.25) is 0 Å². The first-order valence-corrected chi connectivity index (χ1v) is 8.04. The van der Waals surface area contributed by atoms with E-state index in [2.05, 4.69) is 31.0 Å². The summed E-state index contributed by atoms with van der Waals surface area (Å²) in [5.74, 6) is 1.63. The molecule has 1 amide bonds. The Morgan fingerprint density at radius 1 is 1.19 bits per heavy atom. The molecule has 0 aromatic heterocycles. The van der Waals surface area contributed by atoms with Gasteiger partial charge < -0.3 is 10.1 Å². The van der Waals surface area contributed by atoms with Crippen molar-refractivity contribution in [2.24, 2.45) is 17.3 Å². The topological polar surface area (TPSA) is 41.6 Å². The molecule has 0 spiro atoms. The first kappa shape index (κ1) is 17.0. The van der Waals surface area contributed by atoms with Crippen LogP contribution in [0.3, 0.4) is 0 Å². The quantitative estimate of drug-likeness (QED) is 0.866. The molecule has 3 aliphatic rings. The molecular weight excluding hydrogens is 288 g/mol. The number of carbonyl (C=O) groups excluding carboxylic acids is 1. The summed E-state index contributed by atoms with van der Waals surface area (Å²) < 4.78 is 5.33. The molecular formula is C16H29ClN2O2. The zero-order valence-electron chi connectivity index (χ0n) is 13.5. The first-order chi connectivity index (χ1) is 9.43. The number of rotatable bonds is 3. The van der Waals surface area contributed by atoms with Gasteiger partial charge in [0.1, 0.15) is 0 Å². The van der Waals surface area contributed by atoms with Crippen molar-refractivity contribution in [3.8, 4) is 0 Å². The molecule has 1 aliphatic heterocycles. The Bertz CT molecular complexity index is 396. The van der Waals surface area contributed by atoms with Gasteiger partial charge in [0, 0.05) is 18.6 Å². The Kier molecular flexibility index (Phi) is 4.91. The summed E-state index contributed by atoms with van der Waals surface area (Å²) in [5, 5.41) is 3.40. The summed E-state index contributed by atoms with van der Waals surface area (Å²) in [7, 11) is 0. The van der Waals surface area contributed by atoms with Crippen LogP contribution < -0.4 is 5.32 Å². The molecule has 122 valence electrons. The number of carbonyl (C=O) groups is 1. The lowest BCUT2D eigenvalue weighted by Crippen LogP contribution is -2.60. The van der Waals surface area contributed by atoms with E-state index in [-0.39, 0.29) is 29.3 Å². The molecule has 0 radical (unpaired) electrons. The van der Waals surface area contributed by atoms with Gasteiger partial charge >= 0.3 is 0 Å². The SMILES string of the molecule is CC1(C)C2CCC(C2)C1(C)NC(=O)CN1CCOCC1.Cl. The number of nitrogens with one attached hydrogen (secondary N) is 1. The second-order valence-electron chi connectivity index (χ2n) is 7.57. The number of nitrogens with zero attached hydrogens (tertiary/aromatic N) is 1. The highest BCUT2D eigenvalue weighted by atomic mass is 35.5. The summed E-state index contributed by atoms with van der Waals surface area (Å²) in [6.45, 7) is 10.7. The maximum absolute atomic E-state index is 12.4. The van der Waals surface area contributed by atoms with Crippen LogP contribution in [0.5, 0.6) is 0 Å². The number of hydrogen-bond acceptors (Lipinski definition) is 3. The third kappa shape index (κ3) is 2.82. The predicted octanol–water partition coefficient (Wildman–Crippen LogP) is 2.07. The zero-order chi connectivity index (χ0) is 14.4. The van der Waals surface area contributed by atoms with E-state index in [4.69, 9.17) is 4.74 Å². The van der Waals surface area contributed by atoms with Crippen LogP contribution in [0, 0.1) is 17.3 Å². The fraction of sp³-hybridized carbons (Fsp3) is 0.938. The summed E-state index contributed by atoms with van der Waals surface area (Å²) >= 11 is 0. The van der Waals surface area contributed by atoms with Gasteiger partial charge in [-0.15, -0.1) is 12.4 Å². The summed E-state index contributed by atoms with van der Waals surface area (Å²) in [4.78, 5) is 14.6. The number of fused-ring (bicyclic) bond motifs is 2. The lowest BCUT2D eigenvalue weighted by atomic mass is 9.64. The second-order valence-corrected chi connectivity index (χ2v) is 7.57. The maximum Gasteiger partial charge on any atom is 0.234 e. The fourth-order valence-corrected chi connectivity index (χ4v) is 4.67. The molecule has 21 heavy (non-hydrogen) atoms. The van der Waals surface area contributed by atoms with Crippen molar-refractivity contribution >= 4 is 18.3 Å². The van der Waals surface area contributed by atoms with Gasteiger partial charge in [0.15, 0.2) is 0 Å².